The second-order valence-corrected chi connectivity index (χ2v) is 13.2. The highest BCUT2D eigenvalue weighted by Crippen LogP contribution is 2.40. The third-order valence-electron chi connectivity index (χ3n) is 5.22. The molecule has 0 radical (unpaired) electrons. The molecule has 0 fully saturated rings. The molecule has 1 heterocycles. The van der Waals surface area contributed by atoms with E-state index in [2.05, 4.69) is 58.1 Å². The van der Waals surface area contributed by atoms with Gasteiger partial charge < -0.3 is 14.3 Å². The van der Waals surface area contributed by atoms with Crippen LogP contribution < -0.4 is 5.46 Å². The van der Waals surface area contributed by atoms with Crippen LogP contribution in [-0.2, 0) is 0 Å². The Morgan fingerprint density at radius 3 is 2.18 bits per heavy atom. The molecule has 0 atom stereocenters. The number of hydrogen-bond donors (Lipinski definition) is 2. The first-order valence-electron chi connectivity index (χ1n) is 7.98. The van der Waals surface area contributed by atoms with Crippen LogP contribution in [0.3, 0.4) is 0 Å². The highest BCUT2D eigenvalue weighted by atomic mass is 28.3. The summed E-state index contributed by atoms with van der Waals surface area (Å²) in [5.41, 5.74) is 3.05. The van der Waals surface area contributed by atoms with E-state index >= 15 is 0 Å². The fourth-order valence-electron chi connectivity index (χ4n) is 2.72. The van der Waals surface area contributed by atoms with Crippen molar-refractivity contribution in [2.75, 3.05) is 0 Å². The third-order valence-corrected chi connectivity index (χ3v) is 10.5. The Balaban J connectivity index is 2.78. The molecule has 3 nitrogen and oxygen atoms in total. The number of aromatic nitrogens is 1. The predicted octanol–water partition coefficient (Wildman–Crippen LogP) is 3.30. The van der Waals surface area contributed by atoms with Gasteiger partial charge in [0, 0.05) is 10.9 Å². The van der Waals surface area contributed by atoms with Gasteiger partial charge in [0.1, 0.15) is 0 Å². The Morgan fingerprint density at radius 2 is 1.73 bits per heavy atom. The fraction of sp³-hybridized carbons (Fsp3) is 0.529. The molecule has 1 aromatic carbocycles. The number of hydrogen-bond acceptors (Lipinski definition) is 2. The van der Waals surface area contributed by atoms with Crippen LogP contribution in [0.25, 0.3) is 10.9 Å². The molecule has 5 heteroatoms. The van der Waals surface area contributed by atoms with Gasteiger partial charge in [-0.25, -0.2) is 0 Å². The quantitative estimate of drug-likeness (QED) is 0.853. The van der Waals surface area contributed by atoms with E-state index < -0.39 is 15.4 Å². The molecule has 0 saturated carbocycles. The largest absolute Gasteiger partial charge is 0.488 e. The van der Waals surface area contributed by atoms with Crippen molar-refractivity contribution in [3.63, 3.8) is 0 Å². The van der Waals surface area contributed by atoms with Gasteiger partial charge in [0.25, 0.3) is 0 Å². The van der Waals surface area contributed by atoms with E-state index in [1.807, 2.05) is 18.2 Å². The van der Waals surface area contributed by atoms with Crippen molar-refractivity contribution in [2.24, 2.45) is 0 Å². The van der Waals surface area contributed by atoms with Crippen molar-refractivity contribution in [3.8, 4) is 0 Å². The zero-order valence-corrected chi connectivity index (χ0v) is 15.8. The van der Waals surface area contributed by atoms with Crippen LogP contribution in [0, 0.1) is 0 Å². The summed E-state index contributed by atoms with van der Waals surface area (Å²) in [7, 11) is -3.14. The summed E-state index contributed by atoms with van der Waals surface area (Å²) in [5, 5.41) is 20.3. The van der Waals surface area contributed by atoms with Gasteiger partial charge in [0.2, 0.25) is 0 Å². The molecule has 0 amide bonds. The van der Waals surface area contributed by atoms with Crippen molar-refractivity contribution < 1.29 is 10.0 Å². The summed E-state index contributed by atoms with van der Waals surface area (Å²) in [6.07, 6.45) is 2.29. The van der Waals surface area contributed by atoms with Gasteiger partial charge in [-0.05, 0) is 34.2 Å². The first-order valence-corrected chi connectivity index (χ1v) is 10.9. The highest BCUT2D eigenvalue weighted by Gasteiger charge is 2.38. The second kappa shape index (κ2) is 5.55. The Morgan fingerprint density at radius 1 is 1.14 bits per heavy atom. The highest BCUT2D eigenvalue weighted by molar-refractivity contribution is 6.79. The molecule has 2 N–H and O–H groups in total. The van der Waals surface area contributed by atoms with Gasteiger partial charge in [-0.3, -0.25) is 0 Å². The minimum Gasteiger partial charge on any atom is -0.423 e. The number of rotatable bonds is 3. The average Bonchev–Trinajstić information content (AvgIpc) is 2.76. The molecule has 0 unspecified atom stereocenters. The summed E-state index contributed by atoms with van der Waals surface area (Å²) in [6, 6.07) is 5.79. The number of benzene rings is 1. The Hall–Kier alpha value is -1.04. The maximum atomic E-state index is 9.47. The van der Waals surface area contributed by atoms with E-state index in [4.69, 9.17) is 0 Å². The van der Waals surface area contributed by atoms with E-state index in [-0.39, 0.29) is 5.04 Å². The van der Waals surface area contributed by atoms with E-state index in [0.717, 1.165) is 5.39 Å². The summed E-state index contributed by atoms with van der Waals surface area (Å²) >= 11 is 0. The minimum atomic E-state index is -1.72. The van der Waals surface area contributed by atoms with Gasteiger partial charge in [-0.15, -0.1) is 0 Å². The molecule has 0 bridgehead atoms. The van der Waals surface area contributed by atoms with Gasteiger partial charge in [-0.2, -0.15) is 0 Å². The molecule has 0 spiro atoms. The summed E-state index contributed by atoms with van der Waals surface area (Å²) in [6.45, 7) is 16.1. The number of fused-ring (bicyclic) bond motifs is 1. The molecule has 22 heavy (non-hydrogen) atoms. The summed E-state index contributed by atoms with van der Waals surface area (Å²) in [4.78, 5) is 0. The lowest BCUT2D eigenvalue weighted by Gasteiger charge is -2.38. The maximum absolute atomic E-state index is 9.47. The van der Waals surface area contributed by atoms with Gasteiger partial charge in [0.05, 0.1) is 0 Å². The van der Waals surface area contributed by atoms with Crippen LogP contribution in [0.2, 0.25) is 18.1 Å². The molecule has 2 aromatic rings. The predicted molar refractivity (Wildman–Crippen MR) is 98.4 cm³/mol. The van der Waals surface area contributed by atoms with Crippen molar-refractivity contribution in [2.45, 2.75) is 58.7 Å². The van der Waals surface area contributed by atoms with Crippen LogP contribution in [0.4, 0.5) is 0 Å². The Labute approximate surface area is 135 Å². The molecule has 0 aliphatic heterocycles. The molecular weight excluding hydrogens is 289 g/mol. The first-order chi connectivity index (χ1) is 9.96. The van der Waals surface area contributed by atoms with E-state index in [9.17, 15) is 10.0 Å². The molecule has 0 saturated heterocycles. The summed E-state index contributed by atoms with van der Waals surface area (Å²) in [5.74, 6) is 0.402. The van der Waals surface area contributed by atoms with Crippen molar-refractivity contribution >= 4 is 31.7 Å². The first kappa shape index (κ1) is 17.3. The van der Waals surface area contributed by atoms with Crippen molar-refractivity contribution in [3.05, 3.63) is 30.0 Å². The monoisotopic (exact) mass is 317 g/mol. The minimum absolute atomic E-state index is 0.238. The second-order valence-electron chi connectivity index (χ2n) is 8.07. The normalized spacial score (nSPS) is 13.2. The summed E-state index contributed by atoms with van der Waals surface area (Å²) < 4.78 is 2.48. The average molecular weight is 317 g/mol. The Bertz CT molecular complexity index is 684. The standard InChI is InChI=1S/C17H28BNO2Si/c1-12(2)15-11-19(22(6,7)17(3,4)5)16-9-8-13(18(20)21)10-14(15)16/h8-12,20-21H,1-7H3. The van der Waals surface area contributed by atoms with Crippen LogP contribution in [0.5, 0.6) is 0 Å². The lowest BCUT2D eigenvalue weighted by Crippen LogP contribution is -2.45. The zero-order chi connectivity index (χ0) is 16.9. The fourth-order valence-corrected chi connectivity index (χ4v) is 4.70. The van der Waals surface area contributed by atoms with Crippen molar-refractivity contribution in [1.82, 2.24) is 4.23 Å². The third kappa shape index (κ3) is 2.77. The van der Waals surface area contributed by atoms with Crippen molar-refractivity contribution in [1.29, 1.82) is 0 Å². The van der Waals surface area contributed by atoms with Crippen LogP contribution in [0.1, 0.15) is 46.1 Å². The molecule has 0 aliphatic carbocycles. The van der Waals surface area contributed by atoms with Gasteiger partial charge in [-0.1, -0.05) is 59.8 Å². The van der Waals surface area contributed by atoms with Crippen LogP contribution in [-0.4, -0.2) is 29.6 Å². The van der Waals surface area contributed by atoms with Crippen LogP contribution in [0.15, 0.2) is 24.4 Å². The van der Waals surface area contributed by atoms with E-state index in [1.54, 1.807) is 0 Å². The maximum Gasteiger partial charge on any atom is 0.488 e. The van der Waals surface area contributed by atoms with Crippen LogP contribution >= 0.6 is 0 Å². The Kier molecular flexibility index (Phi) is 4.37. The lowest BCUT2D eigenvalue weighted by atomic mass is 9.79. The molecule has 2 rings (SSSR count). The smallest absolute Gasteiger partial charge is 0.423 e. The SMILES string of the molecule is CC(C)c1cn([Si](C)(C)C(C)(C)C)c2ccc(B(O)O)cc12. The molecular formula is C17H28BNO2Si. The van der Waals surface area contributed by atoms with Gasteiger partial charge >= 0.3 is 7.12 Å². The molecule has 1 aromatic heterocycles. The molecule has 0 aliphatic rings. The lowest BCUT2D eigenvalue weighted by molar-refractivity contribution is 0.426. The zero-order valence-electron chi connectivity index (χ0n) is 14.8. The van der Waals surface area contributed by atoms with E-state index in [1.165, 1.54) is 11.1 Å². The van der Waals surface area contributed by atoms with Gasteiger partial charge in [0.15, 0.2) is 8.24 Å². The molecule has 120 valence electrons. The van der Waals surface area contributed by atoms with E-state index in [0.29, 0.717) is 11.4 Å². The number of nitrogens with zero attached hydrogens (tertiary/aromatic N) is 1. The topological polar surface area (TPSA) is 45.4 Å².